The van der Waals surface area contributed by atoms with Gasteiger partial charge in [0.1, 0.15) is 5.69 Å². The lowest BCUT2D eigenvalue weighted by Crippen LogP contribution is -2.30. The lowest BCUT2D eigenvalue weighted by atomic mass is 10.1. The predicted molar refractivity (Wildman–Crippen MR) is 83.4 cm³/mol. The van der Waals surface area contributed by atoms with E-state index in [-0.39, 0.29) is 11.9 Å². The number of hydrogen-bond acceptors (Lipinski definition) is 4. The normalized spacial score (nSPS) is 18.1. The second-order valence-corrected chi connectivity index (χ2v) is 6.26. The second-order valence-electron chi connectivity index (χ2n) is 5.32. The Labute approximate surface area is 128 Å². The number of amides is 1. The van der Waals surface area contributed by atoms with Gasteiger partial charge in [-0.25, -0.2) is 4.98 Å². The molecule has 1 saturated heterocycles. The molecule has 2 aromatic rings. The van der Waals surface area contributed by atoms with Gasteiger partial charge in [-0.3, -0.25) is 9.78 Å². The molecule has 2 aromatic heterocycles. The molecule has 0 aromatic carbocycles. The summed E-state index contributed by atoms with van der Waals surface area (Å²) < 4.78 is 0. The second kappa shape index (κ2) is 6.35. The molecule has 3 rings (SSSR count). The first-order chi connectivity index (χ1) is 10.3. The van der Waals surface area contributed by atoms with Gasteiger partial charge in [-0.05, 0) is 37.3 Å². The predicted octanol–water partition coefficient (Wildman–Crippen LogP) is 3.47. The zero-order valence-electron chi connectivity index (χ0n) is 12.2. The quantitative estimate of drug-likeness (QED) is 0.868. The molecule has 0 bridgehead atoms. The molecule has 1 fully saturated rings. The summed E-state index contributed by atoms with van der Waals surface area (Å²) in [6.45, 7) is 2.93. The molecule has 1 atom stereocenters. The average Bonchev–Trinajstić information content (AvgIpc) is 3.17. The molecule has 1 amide bonds. The largest absolute Gasteiger partial charge is 0.330 e. The number of aryl methyl sites for hydroxylation is 1. The lowest BCUT2D eigenvalue weighted by molar-refractivity contribution is 0.0730. The highest BCUT2D eigenvalue weighted by molar-refractivity contribution is 7.09. The molecule has 0 aliphatic carbocycles. The number of carbonyl (C=O) groups is 1. The molecule has 0 radical (unpaired) electrons. The standard InChI is InChI=1S/C16H19N3OS/c1-2-5-15-18-13(11-21-15)16(20)19-9-4-7-14(19)12-6-3-8-17-10-12/h3,6,8,10-11,14H,2,4-5,7,9H2,1H3. The van der Waals surface area contributed by atoms with Crippen molar-refractivity contribution in [3.8, 4) is 0 Å². The first-order valence-electron chi connectivity index (χ1n) is 7.45. The van der Waals surface area contributed by atoms with Gasteiger partial charge >= 0.3 is 0 Å². The molecule has 1 unspecified atom stereocenters. The van der Waals surface area contributed by atoms with E-state index in [1.165, 1.54) is 0 Å². The van der Waals surface area contributed by atoms with Crippen LogP contribution in [-0.2, 0) is 6.42 Å². The van der Waals surface area contributed by atoms with Gasteiger partial charge in [-0.2, -0.15) is 0 Å². The summed E-state index contributed by atoms with van der Waals surface area (Å²) in [6.07, 6.45) is 7.68. The Morgan fingerprint density at radius 1 is 1.52 bits per heavy atom. The van der Waals surface area contributed by atoms with Crippen molar-refractivity contribution in [2.24, 2.45) is 0 Å². The fourth-order valence-electron chi connectivity index (χ4n) is 2.81. The minimum atomic E-state index is 0.0555. The molecule has 5 heteroatoms. The monoisotopic (exact) mass is 301 g/mol. The third-order valence-electron chi connectivity index (χ3n) is 3.82. The molecular weight excluding hydrogens is 282 g/mol. The maximum Gasteiger partial charge on any atom is 0.273 e. The number of rotatable bonds is 4. The van der Waals surface area contributed by atoms with Crippen LogP contribution in [0.1, 0.15) is 53.3 Å². The van der Waals surface area contributed by atoms with Crippen LogP contribution in [0.25, 0.3) is 0 Å². The fourth-order valence-corrected chi connectivity index (χ4v) is 3.69. The molecule has 0 spiro atoms. The van der Waals surface area contributed by atoms with E-state index >= 15 is 0 Å². The Kier molecular flexibility index (Phi) is 4.29. The number of aromatic nitrogens is 2. The minimum Gasteiger partial charge on any atom is -0.330 e. The molecule has 21 heavy (non-hydrogen) atoms. The molecule has 110 valence electrons. The minimum absolute atomic E-state index is 0.0555. The number of carbonyl (C=O) groups excluding carboxylic acids is 1. The third-order valence-corrected chi connectivity index (χ3v) is 4.73. The van der Waals surface area contributed by atoms with Gasteiger partial charge in [0.2, 0.25) is 0 Å². The van der Waals surface area contributed by atoms with Crippen LogP contribution in [-0.4, -0.2) is 27.3 Å². The van der Waals surface area contributed by atoms with Gasteiger partial charge in [0, 0.05) is 24.3 Å². The van der Waals surface area contributed by atoms with E-state index in [0.717, 1.165) is 42.8 Å². The van der Waals surface area contributed by atoms with Crippen molar-refractivity contribution in [1.29, 1.82) is 0 Å². The van der Waals surface area contributed by atoms with Crippen LogP contribution < -0.4 is 0 Å². The van der Waals surface area contributed by atoms with E-state index in [2.05, 4.69) is 16.9 Å². The maximum atomic E-state index is 12.7. The summed E-state index contributed by atoms with van der Waals surface area (Å²) in [5.41, 5.74) is 1.71. The summed E-state index contributed by atoms with van der Waals surface area (Å²) in [6, 6.07) is 4.12. The number of likely N-dealkylation sites (tertiary alicyclic amines) is 1. The van der Waals surface area contributed by atoms with Crippen molar-refractivity contribution in [3.05, 3.63) is 46.2 Å². The Balaban J connectivity index is 1.79. The van der Waals surface area contributed by atoms with E-state index in [1.54, 1.807) is 17.5 Å². The van der Waals surface area contributed by atoms with Crippen LogP contribution in [0.2, 0.25) is 0 Å². The van der Waals surface area contributed by atoms with Crippen molar-refractivity contribution in [2.45, 2.75) is 38.6 Å². The summed E-state index contributed by atoms with van der Waals surface area (Å²) in [4.78, 5) is 23.3. The van der Waals surface area contributed by atoms with Crippen LogP contribution in [0.4, 0.5) is 0 Å². The van der Waals surface area contributed by atoms with Crippen molar-refractivity contribution >= 4 is 17.2 Å². The van der Waals surface area contributed by atoms with Gasteiger partial charge in [0.25, 0.3) is 5.91 Å². The van der Waals surface area contributed by atoms with Crippen LogP contribution in [0, 0.1) is 0 Å². The lowest BCUT2D eigenvalue weighted by Gasteiger charge is -2.24. The molecule has 0 saturated carbocycles. The van der Waals surface area contributed by atoms with E-state index < -0.39 is 0 Å². The summed E-state index contributed by atoms with van der Waals surface area (Å²) in [5.74, 6) is 0.0555. The Bertz CT molecular complexity index is 611. The summed E-state index contributed by atoms with van der Waals surface area (Å²) in [7, 11) is 0. The van der Waals surface area contributed by atoms with Crippen LogP contribution >= 0.6 is 11.3 Å². The van der Waals surface area contributed by atoms with Gasteiger partial charge in [-0.15, -0.1) is 11.3 Å². The number of pyridine rings is 1. The molecule has 3 heterocycles. The molecule has 1 aliphatic rings. The van der Waals surface area contributed by atoms with Crippen LogP contribution in [0.15, 0.2) is 29.9 Å². The zero-order valence-corrected chi connectivity index (χ0v) is 13.0. The van der Waals surface area contributed by atoms with Crippen molar-refractivity contribution in [3.63, 3.8) is 0 Å². The zero-order chi connectivity index (χ0) is 14.7. The van der Waals surface area contributed by atoms with Crippen molar-refractivity contribution < 1.29 is 4.79 Å². The molecule has 4 nitrogen and oxygen atoms in total. The molecule has 1 aliphatic heterocycles. The third kappa shape index (κ3) is 2.97. The SMILES string of the molecule is CCCc1nc(C(=O)N2CCCC2c2cccnc2)cs1. The van der Waals surface area contributed by atoms with Gasteiger partial charge in [-0.1, -0.05) is 13.0 Å². The van der Waals surface area contributed by atoms with Gasteiger partial charge in [0.15, 0.2) is 0 Å². The van der Waals surface area contributed by atoms with Gasteiger partial charge in [0.05, 0.1) is 11.0 Å². The summed E-state index contributed by atoms with van der Waals surface area (Å²) >= 11 is 1.59. The number of hydrogen-bond donors (Lipinski definition) is 0. The van der Waals surface area contributed by atoms with Crippen LogP contribution in [0.3, 0.4) is 0 Å². The number of nitrogens with zero attached hydrogens (tertiary/aromatic N) is 3. The smallest absolute Gasteiger partial charge is 0.273 e. The highest BCUT2D eigenvalue weighted by atomic mass is 32.1. The molecular formula is C16H19N3OS. The van der Waals surface area contributed by atoms with E-state index in [9.17, 15) is 4.79 Å². The highest BCUT2D eigenvalue weighted by Crippen LogP contribution is 2.32. The Morgan fingerprint density at radius 3 is 3.19 bits per heavy atom. The van der Waals surface area contributed by atoms with Crippen molar-refractivity contribution in [1.82, 2.24) is 14.9 Å². The van der Waals surface area contributed by atoms with Crippen LogP contribution in [0.5, 0.6) is 0 Å². The maximum absolute atomic E-state index is 12.7. The van der Waals surface area contributed by atoms with E-state index in [0.29, 0.717) is 5.69 Å². The average molecular weight is 301 g/mol. The Morgan fingerprint density at radius 2 is 2.43 bits per heavy atom. The van der Waals surface area contributed by atoms with Gasteiger partial charge < -0.3 is 4.90 Å². The van der Waals surface area contributed by atoms with E-state index in [1.807, 2.05) is 28.6 Å². The number of thiazole rings is 1. The summed E-state index contributed by atoms with van der Waals surface area (Å²) in [5, 5.41) is 2.95. The first kappa shape index (κ1) is 14.2. The molecule has 0 N–H and O–H groups in total. The van der Waals surface area contributed by atoms with E-state index in [4.69, 9.17) is 0 Å². The topological polar surface area (TPSA) is 46.1 Å². The first-order valence-corrected chi connectivity index (χ1v) is 8.33. The highest BCUT2D eigenvalue weighted by Gasteiger charge is 2.31. The Hall–Kier alpha value is -1.75. The van der Waals surface area contributed by atoms with Crippen molar-refractivity contribution in [2.75, 3.05) is 6.54 Å². The fraction of sp³-hybridized carbons (Fsp3) is 0.438.